The number of carbonyl (C=O) groups excluding carboxylic acids is 2. The van der Waals surface area contributed by atoms with E-state index in [4.69, 9.17) is 19.2 Å². The number of hydrogen-bond donors (Lipinski definition) is 0. The summed E-state index contributed by atoms with van der Waals surface area (Å²) < 4.78 is 44.2. The molecule has 1 aromatic heterocycles. The van der Waals surface area contributed by atoms with Crippen molar-refractivity contribution in [2.75, 3.05) is 32.2 Å². The number of nitrogens with zero attached hydrogens (tertiary/aromatic N) is 3. The van der Waals surface area contributed by atoms with E-state index in [0.29, 0.717) is 11.4 Å². The van der Waals surface area contributed by atoms with Crippen LogP contribution in [0.1, 0.15) is 56.5 Å². The van der Waals surface area contributed by atoms with Gasteiger partial charge in [-0.15, -0.1) is 0 Å². The Morgan fingerprint density at radius 3 is 2.38 bits per heavy atom. The topological polar surface area (TPSA) is 81.2 Å². The summed E-state index contributed by atoms with van der Waals surface area (Å²) in [6, 6.07) is 12.3. The predicted octanol–water partition coefficient (Wildman–Crippen LogP) is 6.17. The molecule has 2 atom stereocenters. The van der Waals surface area contributed by atoms with Gasteiger partial charge in [0.05, 0.1) is 38.9 Å². The third-order valence-corrected chi connectivity index (χ3v) is 8.15. The van der Waals surface area contributed by atoms with Crippen LogP contribution in [0.3, 0.4) is 0 Å². The smallest absolute Gasteiger partial charge is 0.411 e. The first-order chi connectivity index (χ1) is 20.0. The maximum atomic E-state index is 14.0. The van der Waals surface area contributed by atoms with Crippen LogP contribution in [0.15, 0.2) is 48.5 Å². The molecule has 2 aliphatic rings. The van der Waals surface area contributed by atoms with E-state index in [1.807, 2.05) is 44.2 Å². The fourth-order valence-corrected chi connectivity index (χ4v) is 5.51. The SMILES string of the molecule is COC(=O)CC(C)(C)c1ccc(OC)c(-c2ccc(N3CCC3)nc2CN2C(=O)OC(c3cc(F)cc(F)c3)[C@@H]2C)c1. The molecule has 0 radical (unpaired) electrons. The van der Waals surface area contributed by atoms with Crippen LogP contribution in [0.5, 0.6) is 5.75 Å². The summed E-state index contributed by atoms with van der Waals surface area (Å²) in [6.45, 7) is 7.61. The minimum Gasteiger partial charge on any atom is -0.496 e. The summed E-state index contributed by atoms with van der Waals surface area (Å²) in [5, 5.41) is 0. The first kappa shape index (κ1) is 29.3. The highest BCUT2D eigenvalue weighted by Gasteiger charge is 2.41. The standard InChI is InChI=1S/C32H35F2N3O5/c1-19-30(20-13-22(33)16-23(34)14-20)42-31(39)37(19)18-26-24(8-10-28(35-26)36-11-6-12-36)25-15-21(7-9-27(25)40-4)32(2,3)17-29(38)41-5/h7-10,13-16,19,30H,6,11-12,17-18H2,1-5H3/t19-,30?/m0/s1. The molecule has 2 aliphatic heterocycles. The van der Waals surface area contributed by atoms with E-state index in [0.717, 1.165) is 48.1 Å². The van der Waals surface area contributed by atoms with Crippen LogP contribution < -0.4 is 9.64 Å². The summed E-state index contributed by atoms with van der Waals surface area (Å²) >= 11 is 0. The molecule has 0 spiro atoms. The molecule has 0 N–H and O–H groups in total. The monoisotopic (exact) mass is 579 g/mol. The number of hydrogen-bond acceptors (Lipinski definition) is 7. The molecule has 222 valence electrons. The van der Waals surface area contributed by atoms with Gasteiger partial charge in [-0.2, -0.15) is 0 Å². The van der Waals surface area contributed by atoms with Gasteiger partial charge in [-0.05, 0) is 55.3 Å². The zero-order valence-corrected chi connectivity index (χ0v) is 24.4. The van der Waals surface area contributed by atoms with E-state index in [-0.39, 0.29) is 24.5 Å². The second-order valence-corrected chi connectivity index (χ2v) is 11.4. The van der Waals surface area contributed by atoms with Gasteiger partial charge in [0.15, 0.2) is 0 Å². The number of amides is 1. The number of ether oxygens (including phenoxy) is 3. The van der Waals surface area contributed by atoms with Gasteiger partial charge in [0, 0.05) is 41.3 Å². The Kier molecular flexibility index (Phi) is 8.08. The molecule has 10 heteroatoms. The van der Waals surface area contributed by atoms with E-state index in [1.165, 1.54) is 24.1 Å². The highest BCUT2D eigenvalue weighted by atomic mass is 19.1. The quantitative estimate of drug-likeness (QED) is 0.281. The lowest BCUT2D eigenvalue weighted by molar-refractivity contribution is -0.141. The fraction of sp³-hybridized carbons (Fsp3) is 0.406. The van der Waals surface area contributed by atoms with Gasteiger partial charge < -0.3 is 19.1 Å². The minimum atomic E-state index is -0.846. The molecule has 2 saturated heterocycles. The Bertz CT molecular complexity index is 1490. The second kappa shape index (κ2) is 11.6. The van der Waals surface area contributed by atoms with Crippen LogP contribution in [0.4, 0.5) is 19.4 Å². The Balaban J connectivity index is 1.54. The van der Waals surface area contributed by atoms with Crippen molar-refractivity contribution in [2.24, 2.45) is 0 Å². The van der Waals surface area contributed by atoms with E-state index in [2.05, 4.69) is 4.90 Å². The van der Waals surface area contributed by atoms with Crippen molar-refractivity contribution in [1.82, 2.24) is 9.88 Å². The molecule has 2 fully saturated rings. The van der Waals surface area contributed by atoms with Crippen molar-refractivity contribution in [3.63, 3.8) is 0 Å². The molecule has 1 unspecified atom stereocenters. The van der Waals surface area contributed by atoms with E-state index in [9.17, 15) is 18.4 Å². The van der Waals surface area contributed by atoms with Gasteiger partial charge in [-0.3, -0.25) is 9.69 Å². The van der Waals surface area contributed by atoms with Gasteiger partial charge >= 0.3 is 12.1 Å². The highest BCUT2D eigenvalue weighted by molar-refractivity contribution is 5.77. The number of benzene rings is 2. The summed E-state index contributed by atoms with van der Waals surface area (Å²) in [5.74, 6) is -0.379. The van der Waals surface area contributed by atoms with Crippen LogP contribution in [0.2, 0.25) is 0 Å². The molecule has 0 bridgehead atoms. The van der Waals surface area contributed by atoms with Crippen LogP contribution in [0.25, 0.3) is 11.1 Å². The zero-order chi connectivity index (χ0) is 30.2. The third kappa shape index (κ3) is 5.75. The van der Waals surface area contributed by atoms with Gasteiger partial charge in [-0.1, -0.05) is 19.9 Å². The molecule has 0 aliphatic carbocycles. The number of carbonyl (C=O) groups is 2. The average Bonchev–Trinajstić information content (AvgIpc) is 3.19. The number of methoxy groups -OCH3 is 2. The Morgan fingerprint density at radius 2 is 1.76 bits per heavy atom. The lowest BCUT2D eigenvalue weighted by Gasteiger charge is -2.33. The van der Waals surface area contributed by atoms with Crippen molar-refractivity contribution in [3.05, 3.63) is 77.0 Å². The molecule has 42 heavy (non-hydrogen) atoms. The number of halogens is 2. The van der Waals surface area contributed by atoms with Gasteiger partial charge in [0.25, 0.3) is 0 Å². The summed E-state index contributed by atoms with van der Waals surface area (Å²) in [5.41, 5.74) is 2.77. The Labute approximate surface area is 244 Å². The predicted molar refractivity (Wildman–Crippen MR) is 153 cm³/mol. The summed E-state index contributed by atoms with van der Waals surface area (Å²) in [6.07, 6.45) is -0.181. The lowest BCUT2D eigenvalue weighted by Crippen LogP contribution is -2.38. The van der Waals surface area contributed by atoms with Crippen molar-refractivity contribution in [2.45, 2.75) is 57.7 Å². The van der Waals surface area contributed by atoms with Crippen LogP contribution in [-0.4, -0.2) is 55.3 Å². The number of esters is 1. The van der Waals surface area contributed by atoms with Gasteiger partial charge in [0.1, 0.15) is 29.3 Å². The highest BCUT2D eigenvalue weighted by Crippen LogP contribution is 2.40. The first-order valence-electron chi connectivity index (χ1n) is 13.9. The van der Waals surface area contributed by atoms with E-state index in [1.54, 1.807) is 14.0 Å². The van der Waals surface area contributed by atoms with Crippen molar-refractivity contribution >= 4 is 17.9 Å². The molecule has 8 nitrogen and oxygen atoms in total. The number of pyridine rings is 1. The number of cyclic esters (lactones) is 1. The van der Waals surface area contributed by atoms with Crippen molar-refractivity contribution < 1.29 is 32.6 Å². The molecular weight excluding hydrogens is 544 g/mol. The molecule has 5 rings (SSSR count). The number of rotatable bonds is 9. The maximum absolute atomic E-state index is 14.0. The summed E-state index contributed by atoms with van der Waals surface area (Å²) in [7, 11) is 2.96. The van der Waals surface area contributed by atoms with Crippen LogP contribution >= 0.6 is 0 Å². The molecule has 3 aromatic rings. The maximum Gasteiger partial charge on any atom is 0.411 e. The molecule has 2 aromatic carbocycles. The summed E-state index contributed by atoms with van der Waals surface area (Å²) in [4.78, 5) is 33.9. The van der Waals surface area contributed by atoms with Crippen molar-refractivity contribution in [3.8, 4) is 16.9 Å². The molecule has 3 heterocycles. The minimum absolute atomic E-state index is 0.101. The number of aromatic nitrogens is 1. The Morgan fingerprint density at radius 1 is 1.05 bits per heavy atom. The van der Waals surface area contributed by atoms with Crippen molar-refractivity contribution in [1.29, 1.82) is 0 Å². The van der Waals surface area contributed by atoms with Crippen LogP contribution in [0, 0.1) is 11.6 Å². The average molecular weight is 580 g/mol. The lowest BCUT2D eigenvalue weighted by atomic mass is 9.80. The largest absolute Gasteiger partial charge is 0.496 e. The fourth-order valence-electron chi connectivity index (χ4n) is 5.51. The molecule has 0 saturated carbocycles. The molecule has 1 amide bonds. The van der Waals surface area contributed by atoms with E-state index >= 15 is 0 Å². The molecular formula is C32H35F2N3O5. The zero-order valence-electron chi connectivity index (χ0n) is 24.4. The van der Waals surface area contributed by atoms with E-state index < -0.39 is 35.3 Å². The normalized spacial score (nSPS) is 18.5. The third-order valence-electron chi connectivity index (χ3n) is 8.15. The van der Waals surface area contributed by atoms with Gasteiger partial charge in [-0.25, -0.2) is 18.6 Å². The number of anilines is 1. The van der Waals surface area contributed by atoms with Gasteiger partial charge in [0.2, 0.25) is 0 Å². The Hall–Kier alpha value is -4.21. The van der Waals surface area contributed by atoms with Crippen LogP contribution in [-0.2, 0) is 26.2 Å². The first-order valence-corrected chi connectivity index (χ1v) is 13.9. The second-order valence-electron chi connectivity index (χ2n) is 11.4.